The number of aryl methyl sites for hydroxylation is 1. The minimum Gasteiger partial charge on any atom is -0.313 e. The summed E-state index contributed by atoms with van der Waals surface area (Å²) in [4.78, 5) is 0. The van der Waals surface area contributed by atoms with Crippen LogP contribution in [0.5, 0.6) is 0 Å². The fourth-order valence-electron chi connectivity index (χ4n) is 0.967. The second-order valence-corrected chi connectivity index (χ2v) is 2.73. The van der Waals surface area contributed by atoms with Crippen LogP contribution in [0, 0.1) is 6.92 Å². The molecule has 12 heavy (non-hydrogen) atoms. The quantitative estimate of drug-likeness (QED) is 0.531. The summed E-state index contributed by atoms with van der Waals surface area (Å²) in [6.45, 7) is 2.09. The third-order valence-electron chi connectivity index (χ3n) is 1.67. The molecule has 0 saturated carbocycles. The van der Waals surface area contributed by atoms with Crippen molar-refractivity contribution in [2.24, 2.45) is 5.10 Å². The van der Waals surface area contributed by atoms with Crippen LogP contribution in [0.2, 0.25) is 0 Å². The molecule has 0 amide bonds. The van der Waals surface area contributed by atoms with E-state index in [1.54, 1.807) is 7.05 Å². The third-order valence-corrected chi connectivity index (χ3v) is 1.67. The first-order chi connectivity index (χ1) is 5.83. The SMILES string of the molecule is CN/N=C/Cc1ccc(C)cc1. The molecule has 1 rings (SSSR count). The highest BCUT2D eigenvalue weighted by molar-refractivity contribution is 5.61. The van der Waals surface area contributed by atoms with Gasteiger partial charge in [0.2, 0.25) is 0 Å². The number of hydrogen-bond donors (Lipinski definition) is 1. The van der Waals surface area contributed by atoms with Gasteiger partial charge in [-0.05, 0) is 12.5 Å². The topological polar surface area (TPSA) is 24.4 Å². The van der Waals surface area contributed by atoms with Crippen LogP contribution in [0.3, 0.4) is 0 Å². The van der Waals surface area contributed by atoms with Crippen molar-refractivity contribution in [1.29, 1.82) is 0 Å². The van der Waals surface area contributed by atoms with Gasteiger partial charge in [-0.3, -0.25) is 0 Å². The Morgan fingerprint density at radius 2 is 2.00 bits per heavy atom. The molecule has 0 bridgehead atoms. The molecule has 2 nitrogen and oxygen atoms in total. The summed E-state index contributed by atoms with van der Waals surface area (Å²) >= 11 is 0. The molecule has 0 aromatic heterocycles. The van der Waals surface area contributed by atoms with Gasteiger partial charge in [0.25, 0.3) is 0 Å². The molecule has 1 aromatic rings. The van der Waals surface area contributed by atoms with E-state index >= 15 is 0 Å². The molecule has 0 aliphatic carbocycles. The minimum atomic E-state index is 0.890. The van der Waals surface area contributed by atoms with E-state index in [2.05, 4.69) is 41.7 Å². The van der Waals surface area contributed by atoms with Crippen molar-refractivity contribution in [3.8, 4) is 0 Å². The van der Waals surface area contributed by atoms with Gasteiger partial charge in [0, 0.05) is 19.7 Å². The summed E-state index contributed by atoms with van der Waals surface area (Å²) in [5, 5.41) is 3.91. The lowest BCUT2D eigenvalue weighted by Crippen LogP contribution is -1.95. The van der Waals surface area contributed by atoms with E-state index in [-0.39, 0.29) is 0 Å². The van der Waals surface area contributed by atoms with Gasteiger partial charge < -0.3 is 5.43 Å². The number of nitrogens with zero attached hydrogens (tertiary/aromatic N) is 1. The van der Waals surface area contributed by atoms with Gasteiger partial charge in [0.15, 0.2) is 0 Å². The minimum absolute atomic E-state index is 0.890. The standard InChI is InChI=1S/C10H14N2/c1-9-3-5-10(6-4-9)7-8-12-11-2/h3-6,8,11H,7H2,1-2H3/b12-8+. The summed E-state index contributed by atoms with van der Waals surface area (Å²) in [5.41, 5.74) is 5.31. The van der Waals surface area contributed by atoms with E-state index < -0.39 is 0 Å². The molecule has 0 unspecified atom stereocenters. The van der Waals surface area contributed by atoms with Gasteiger partial charge in [-0.25, -0.2) is 0 Å². The van der Waals surface area contributed by atoms with Crippen LogP contribution in [0.25, 0.3) is 0 Å². The summed E-state index contributed by atoms with van der Waals surface area (Å²) in [6, 6.07) is 8.47. The van der Waals surface area contributed by atoms with Crippen molar-refractivity contribution in [3.63, 3.8) is 0 Å². The monoisotopic (exact) mass is 162 g/mol. The average molecular weight is 162 g/mol. The third kappa shape index (κ3) is 2.74. The zero-order valence-electron chi connectivity index (χ0n) is 7.54. The normalized spacial score (nSPS) is 10.5. The van der Waals surface area contributed by atoms with Crippen LogP contribution in [-0.4, -0.2) is 13.3 Å². The van der Waals surface area contributed by atoms with Gasteiger partial charge in [-0.2, -0.15) is 5.10 Å². The van der Waals surface area contributed by atoms with Gasteiger partial charge >= 0.3 is 0 Å². The highest BCUT2D eigenvalue weighted by Crippen LogP contribution is 2.02. The fourth-order valence-corrected chi connectivity index (χ4v) is 0.967. The Morgan fingerprint density at radius 1 is 1.33 bits per heavy atom. The van der Waals surface area contributed by atoms with Crippen molar-refractivity contribution in [2.45, 2.75) is 13.3 Å². The largest absolute Gasteiger partial charge is 0.313 e. The summed E-state index contributed by atoms with van der Waals surface area (Å²) in [6.07, 6.45) is 2.76. The van der Waals surface area contributed by atoms with Crippen LogP contribution in [0.1, 0.15) is 11.1 Å². The molecule has 0 fully saturated rings. The maximum atomic E-state index is 3.91. The lowest BCUT2D eigenvalue weighted by Gasteiger charge is -1.96. The van der Waals surface area contributed by atoms with Crippen LogP contribution in [-0.2, 0) is 6.42 Å². The van der Waals surface area contributed by atoms with Crippen molar-refractivity contribution in [3.05, 3.63) is 35.4 Å². The second kappa shape index (κ2) is 4.54. The van der Waals surface area contributed by atoms with Gasteiger partial charge in [0.1, 0.15) is 0 Å². The fraction of sp³-hybridized carbons (Fsp3) is 0.300. The van der Waals surface area contributed by atoms with Crippen molar-refractivity contribution < 1.29 is 0 Å². The average Bonchev–Trinajstić information content (AvgIpc) is 2.09. The molecular weight excluding hydrogens is 148 g/mol. The predicted molar refractivity (Wildman–Crippen MR) is 52.4 cm³/mol. The molecule has 0 aliphatic rings. The first kappa shape index (κ1) is 8.78. The highest BCUT2D eigenvalue weighted by atomic mass is 15.3. The molecule has 0 radical (unpaired) electrons. The Bertz CT molecular complexity index is 249. The Labute approximate surface area is 73.3 Å². The summed E-state index contributed by atoms with van der Waals surface area (Å²) in [5.74, 6) is 0. The van der Waals surface area contributed by atoms with Crippen molar-refractivity contribution in [2.75, 3.05) is 7.05 Å². The highest BCUT2D eigenvalue weighted by Gasteiger charge is 1.88. The van der Waals surface area contributed by atoms with Gasteiger partial charge in [-0.1, -0.05) is 29.8 Å². The second-order valence-electron chi connectivity index (χ2n) is 2.73. The van der Waals surface area contributed by atoms with Gasteiger partial charge in [-0.15, -0.1) is 0 Å². The van der Waals surface area contributed by atoms with Crippen LogP contribution in [0.15, 0.2) is 29.4 Å². The van der Waals surface area contributed by atoms with E-state index in [1.807, 2.05) is 6.21 Å². The van der Waals surface area contributed by atoms with E-state index in [0.717, 1.165) is 6.42 Å². The van der Waals surface area contributed by atoms with Crippen LogP contribution >= 0.6 is 0 Å². The lowest BCUT2D eigenvalue weighted by molar-refractivity contribution is 0.903. The van der Waals surface area contributed by atoms with E-state index in [4.69, 9.17) is 0 Å². The molecule has 1 N–H and O–H groups in total. The molecule has 0 aliphatic heterocycles. The first-order valence-corrected chi connectivity index (χ1v) is 4.06. The van der Waals surface area contributed by atoms with Crippen molar-refractivity contribution >= 4 is 6.21 Å². The molecule has 0 saturated heterocycles. The van der Waals surface area contributed by atoms with Gasteiger partial charge in [0.05, 0.1) is 0 Å². The Balaban J connectivity index is 2.53. The lowest BCUT2D eigenvalue weighted by atomic mass is 10.1. The van der Waals surface area contributed by atoms with Crippen LogP contribution in [0.4, 0.5) is 0 Å². The molecular formula is C10H14N2. The maximum Gasteiger partial charge on any atom is 0.0286 e. The number of rotatable bonds is 3. The molecule has 0 atom stereocenters. The first-order valence-electron chi connectivity index (χ1n) is 4.06. The zero-order chi connectivity index (χ0) is 8.81. The number of hydrazone groups is 1. The number of nitrogens with one attached hydrogen (secondary N) is 1. The molecule has 2 heteroatoms. The Hall–Kier alpha value is -1.31. The smallest absolute Gasteiger partial charge is 0.0286 e. The Morgan fingerprint density at radius 3 is 2.58 bits per heavy atom. The molecule has 64 valence electrons. The summed E-state index contributed by atoms with van der Waals surface area (Å²) in [7, 11) is 1.80. The molecule has 0 spiro atoms. The van der Waals surface area contributed by atoms with E-state index in [0.29, 0.717) is 0 Å². The molecule has 1 aromatic carbocycles. The predicted octanol–water partition coefficient (Wildman–Crippen LogP) is 1.74. The number of benzene rings is 1. The van der Waals surface area contributed by atoms with Crippen LogP contribution < -0.4 is 5.43 Å². The Kier molecular flexibility index (Phi) is 3.33. The summed E-state index contributed by atoms with van der Waals surface area (Å²) < 4.78 is 0. The maximum absolute atomic E-state index is 3.91. The van der Waals surface area contributed by atoms with E-state index in [1.165, 1.54) is 11.1 Å². The van der Waals surface area contributed by atoms with E-state index in [9.17, 15) is 0 Å². The number of hydrogen-bond acceptors (Lipinski definition) is 2. The molecule has 0 heterocycles. The zero-order valence-corrected chi connectivity index (χ0v) is 7.54. The van der Waals surface area contributed by atoms with Crippen molar-refractivity contribution in [1.82, 2.24) is 5.43 Å².